The largest absolute Gasteiger partial charge is 0.491 e. The third-order valence-corrected chi connectivity index (χ3v) is 2.48. The molecule has 0 aliphatic rings. The summed E-state index contributed by atoms with van der Waals surface area (Å²) >= 11 is 0. The van der Waals surface area contributed by atoms with E-state index in [0.29, 0.717) is 13.2 Å². The second-order valence-electron chi connectivity index (χ2n) is 4.13. The summed E-state index contributed by atoms with van der Waals surface area (Å²) in [5, 5.41) is 0. The van der Waals surface area contributed by atoms with Crippen molar-refractivity contribution in [3.05, 3.63) is 29.8 Å². The van der Waals surface area contributed by atoms with Crippen molar-refractivity contribution < 1.29 is 9.47 Å². The highest BCUT2D eigenvalue weighted by molar-refractivity contribution is 5.27. The van der Waals surface area contributed by atoms with Crippen LogP contribution in [0.15, 0.2) is 24.3 Å². The van der Waals surface area contributed by atoms with Gasteiger partial charge in [-0.1, -0.05) is 12.1 Å². The lowest BCUT2D eigenvalue weighted by Gasteiger charge is -2.07. The molecule has 0 saturated heterocycles. The fourth-order valence-corrected chi connectivity index (χ4v) is 1.55. The van der Waals surface area contributed by atoms with Crippen LogP contribution in [-0.2, 0) is 4.74 Å². The molecule has 0 aromatic heterocycles. The van der Waals surface area contributed by atoms with Gasteiger partial charge in [0.15, 0.2) is 0 Å². The molecule has 96 valence electrons. The molecule has 0 fully saturated rings. The average molecular weight is 237 g/mol. The number of ether oxygens (including phenoxy) is 2. The van der Waals surface area contributed by atoms with Gasteiger partial charge in [0.05, 0.1) is 6.61 Å². The lowest BCUT2D eigenvalue weighted by Crippen LogP contribution is -2.08. The van der Waals surface area contributed by atoms with Gasteiger partial charge in [0.2, 0.25) is 0 Å². The molecule has 0 heterocycles. The second-order valence-corrected chi connectivity index (χ2v) is 4.13. The summed E-state index contributed by atoms with van der Waals surface area (Å²) in [5.41, 5.74) is 6.62. The van der Waals surface area contributed by atoms with Crippen LogP contribution in [0.25, 0.3) is 0 Å². The number of aryl methyl sites for hydroxylation is 1. The molecule has 2 N–H and O–H groups in total. The Bertz CT molecular complexity index is 302. The van der Waals surface area contributed by atoms with Crippen molar-refractivity contribution in [2.24, 2.45) is 5.73 Å². The summed E-state index contributed by atoms with van der Waals surface area (Å²) < 4.78 is 11.0. The zero-order valence-electron chi connectivity index (χ0n) is 10.7. The quantitative estimate of drug-likeness (QED) is 0.671. The third-order valence-electron chi connectivity index (χ3n) is 2.48. The summed E-state index contributed by atoms with van der Waals surface area (Å²) in [6.45, 7) is 4.89. The Labute approximate surface area is 104 Å². The van der Waals surface area contributed by atoms with Crippen molar-refractivity contribution in [1.29, 1.82) is 0 Å². The lowest BCUT2D eigenvalue weighted by molar-refractivity contribution is 0.0972. The first kappa shape index (κ1) is 14.0. The van der Waals surface area contributed by atoms with Crippen molar-refractivity contribution >= 4 is 0 Å². The highest BCUT2D eigenvalue weighted by Crippen LogP contribution is 2.11. The predicted octanol–water partition coefficient (Wildman–Crippen LogP) is 2.52. The third kappa shape index (κ3) is 6.97. The highest BCUT2D eigenvalue weighted by Gasteiger charge is 1.94. The minimum Gasteiger partial charge on any atom is -0.491 e. The molecule has 3 nitrogen and oxygen atoms in total. The first-order chi connectivity index (χ1) is 8.33. The van der Waals surface area contributed by atoms with Gasteiger partial charge >= 0.3 is 0 Å². The smallest absolute Gasteiger partial charge is 0.119 e. The first-order valence-corrected chi connectivity index (χ1v) is 6.30. The number of hydrogen-bond acceptors (Lipinski definition) is 3. The lowest BCUT2D eigenvalue weighted by atomic mass is 10.2. The molecular weight excluding hydrogens is 214 g/mol. The maximum Gasteiger partial charge on any atom is 0.119 e. The molecular formula is C14H23NO2. The van der Waals surface area contributed by atoms with Gasteiger partial charge < -0.3 is 15.2 Å². The maximum absolute atomic E-state index is 5.57. The summed E-state index contributed by atoms with van der Waals surface area (Å²) in [5.74, 6) is 0.914. The van der Waals surface area contributed by atoms with E-state index in [0.717, 1.165) is 38.2 Å². The first-order valence-electron chi connectivity index (χ1n) is 6.30. The topological polar surface area (TPSA) is 44.5 Å². The van der Waals surface area contributed by atoms with Crippen LogP contribution in [0, 0.1) is 6.92 Å². The molecule has 0 aliphatic carbocycles. The van der Waals surface area contributed by atoms with E-state index in [9.17, 15) is 0 Å². The summed E-state index contributed by atoms with van der Waals surface area (Å²) in [4.78, 5) is 0. The van der Waals surface area contributed by atoms with Crippen LogP contribution in [0.2, 0.25) is 0 Å². The minimum absolute atomic E-state index is 0.611. The fourth-order valence-electron chi connectivity index (χ4n) is 1.55. The predicted molar refractivity (Wildman–Crippen MR) is 70.4 cm³/mol. The summed E-state index contributed by atoms with van der Waals surface area (Å²) in [6, 6.07) is 8.05. The molecule has 0 saturated carbocycles. The number of unbranched alkanes of at least 4 members (excludes halogenated alkanes) is 2. The molecule has 0 radical (unpaired) electrons. The molecule has 0 atom stereocenters. The molecule has 3 heteroatoms. The second kappa shape index (κ2) is 9.02. The van der Waals surface area contributed by atoms with Crippen molar-refractivity contribution in [2.45, 2.75) is 26.2 Å². The Morgan fingerprint density at radius 3 is 2.71 bits per heavy atom. The van der Waals surface area contributed by atoms with Crippen LogP contribution in [-0.4, -0.2) is 26.4 Å². The molecule has 0 bridgehead atoms. The van der Waals surface area contributed by atoms with E-state index in [-0.39, 0.29) is 0 Å². The number of rotatable bonds is 9. The minimum atomic E-state index is 0.611. The molecule has 0 amide bonds. The Balaban J connectivity index is 1.97. The Morgan fingerprint density at radius 2 is 1.94 bits per heavy atom. The number of nitrogens with two attached hydrogens (primary N) is 1. The van der Waals surface area contributed by atoms with Crippen molar-refractivity contribution in [3.8, 4) is 5.75 Å². The van der Waals surface area contributed by atoms with Crippen LogP contribution < -0.4 is 10.5 Å². The molecule has 0 unspecified atom stereocenters. The Hall–Kier alpha value is -1.06. The number of hydrogen-bond donors (Lipinski definition) is 1. The van der Waals surface area contributed by atoms with Gasteiger partial charge in [0.1, 0.15) is 12.4 Å². The summed E-state index contributed by atoms with van der Waals surface area (Å²) in [6.07, 6.45) is 3.32. The van der Waals surface area contributed by atoms with Crippen molar-refractivity contribution in [1.82, 2.24) is 0 Å². The van der Waals surface area contributed by atoms with Gasteiger partial charge in [-0.15, -0.1) is 0 Å². The van der Waals surface area contributed by atoms with Crippen molar-refractivity contribution in [2.75, 3.05) is 26.4 Å². The summed E-state index contributed by atoms with van der Waals surface area (Å²) in [7, 11) is 0. The number of benzene rings is 1. The monoisotopic (exact) mass is 237 g/mol. The fraction of sp³-hybridized carbons (Fsp3) is 0.571. The Morgan fingerprint density at radius 1 is 1.06 bits per heavy atom. The van der Waals surface area contributed by atoms with E-state index in [2.05, 4.69) is 13.0 Å². The highest BCUT2D eigenvalue weighted by atomic mass is 16.5. The molecule has 1 rings (SSSR count). The van der Waals surface area contributed by atoms with E-state index in [1.165, 1.54) is 5.56 Å². The van der Waals surface area contributed by atoms with Crippen LogP contribution in [0.5, 0.6) is 5.75 Å². The van der Waals surface area contributed by atoms with E-state index >= 15 is 0 Å². The van der Waals surface area contributed by atoms with Crippen molar-refractivity contribution in [3.63, 3.8) is 0 Å². The molecule has 17 heavy (non-hydrogen) atoms. The van der Waals surface area contributed by atoms with E-state index < -0.39 is 0 Å². The Kier molecular flexibility index (Phi) is 7.43. The van der Waals surface area contributed by atoms with Gasteiger partial charge in [-0.2, -0.15) is 0 Å². The molecule has 1 aromatic rings. The maximum atomic E-state index is 5.57. The van der Waals surface area contributed by atoms with E-state index in [1.807, 2.05) is 18.2 Å². The molecule has 0 aliphatic heterocycles. The zero-order chi connectivity index (χ0) is 12.3. The van der Waals surface area contributed by atoms with E-state index in [1.54, 1.807) is 0 Å². The zero-order valence-corrected chi connectivity index (χ0v) is 10.7. The van der Waals surface area contributed by atoms with Crippen LogP contribution in [0.1, 0.15) is 24.8 Å². The molecule has 0 spiro atoms. The molecule has 1 aromatic carbocycles. The van der Waals surface area contributed by atoms with Gasteiger partial charge in [-0.25, -0.2) is 0 Å². The van der Waals surface area contributed by atoms with E-state index in [4.69, 9.17) is 15.2 Å². The van der Waals surface area contributed by atoms with Gasteiger partial charge in [0, 0.05) is 6.61 Å². The SMILES string of the molecule is Cc1cccc(OCCOCCCCCN)c1. The van der Waals surface area contributed by atoms with Crippen LogP contribution in [0.3, 0.4) is 0 Å². The standard InChI is InChI=1S/C14H23NO2/c1-13-6-5-7-14(12-13)17-11-10-16-9-4-2-3-8-15/h5-7,12H,2-4,8-11,15H2,1H3. The van der Waals surface area contributed by atoms with Gasteiger partial charge in [-0.05, 0) is 50.4 Å². The average Bonchev–Trinajstić information content (AvgIpc) is 2.33. The van der Waals surface area contributed by atoms with Gasteiger partial charge in [-0.3, -0.25) is 0 Å². The van der Waals surface area contributed by atoms with Gasteiger partial charge in [0.25, 0.3) is 0 Å². The van der Waals surface area contributed by atoms with Crippen LogP contribution in [0.4, 0.5) is 0 Å². The normalized spacial score (nSPS) is 10.5. The van der Waals surface area contributed by atoms with Crippen LogP contribution >= 0.6 is 0 Å².